The Balaban J connectivity index is 1.42. The summed E-state index contributed by atoms with van der Waals surface area (Å²) in [5, 5.41) is 8.89. The molecule has 0 N–H and O–H groups in total. The molecule has 6 heteroatoms. The number of hydrogen-bond donors (Lipinski definition) is 0. The number of hydrogen-bond acceptors (Lipinski definition) is 5. The molecule has 0 aliphatic carbocycles. The number of amides is 2. The molecule has 3 aromatic rings. The number of nitrogens with zero attached hydrogens (tertiary/aromatic N) is 2. The van der Waals surface area contributed by atoms with Gasteiger partial charge in [-0.15, -0.1) is 0 Å². The van der Waals surface area contributed by atoms with Gasteiger partial charge in [-0.05, 0) is 47.2 Å². The van der Waals surface area contributed by atoms with E-state index in [0.29, 0.717) is 22.8 Å². The summed E-state index contributed by atoms with van der Waals surface area (Å²) in [6, 6.07) is 26.2. The first-order valence-corrected chi connectivity index (χ1v) is 10.5. The highest BCUT2D eigenvalue weighted by Crippen LogP contribution is 2.33. The van der Waals surface area contributed by atoms with Gasteiger partial charge in [0.1, 0.15) is 12.4 Å². The normalized spacial score (nSPS) is 14.7. The molecule has 1 heterocycles. The van der Waals surface area contributed by atoms with E-state index in [0.717, 1.165) is 28.5 Å². The fraction of sp³-hybridized carbons (Fsp3) is 0.0800. The van der Waals surface area contributed by atoms with Gasteiger partial charge in [-0.3, -0.25) is 14.5 Å². The minimum atomic E-state index is -0.285. The van der Waals surface area contributed by atoms with E-state index in [9.17, 15) is 9.59 Å². The lowest BCUT2D eigenvalue weighted by atomic mass is 10.1. The predicted molar refractivity (Wildman–Crippen MR) is 120 cm³/mol. The number of imide groups is 1. The Hall–Kier alpha value is -3.82. The molecule has 1 aliphatic rings. The van der Waals surface area contributed by atoms with Crippen molar-refractivity contribution >= 4 is 29.0 Å². The molecule has 0 unspecified atom stereocenters. The fourth-order valence-electron chi connectivity index (χ4n) is 3.13. The van der Waals surface area contributed by atoms with Gasteiger partial charge in [0.25, 0.3) is 11.1 Å². The molecule has 0 bridgehead atoms. The second kappa shape index (κ2) is 9.33. The maximum absolute atomic E-state index is 12.7. The zero-order valence-electron chi connectivity index (χ0n) is 16.5. The van der Waals surface area contributed by atoms with Gasteiger partial charge in [0.05, 0.1) is 23.1 Å². The molecule has 1 fully saturated rings. The van der Waals surface area contributed by atoms with Crippen molar-refractivity contribution in [3.8, 4) is 11.8 Å². The van der Waals surface area contributed by atoms with Crippen LogP contribution in [0.3, 0.4) is 0 Å². The molecular formula is C25H18N2O3S. The van der Waals surface area contributed by atoms with Gasteiger partial charge in [0.15, 0.2) is 0 Å². The molecule has 1 saturated heterocycles. The minimum Gasteiger partial charge on any atom is -0.489 e. The summed E-state index contributed by atoms with van der Waals surface area (Å²) in [4.78, 5) is 26.6. The van der Waals surface area contributed by atoms with Gasteiger partial charge in [0.2, 0.25) is 0 Å². The number of benzene rings is 3. The van der Waals surface area contributed by atoms with E-state index in [4.69, 9.17) is 10.00 Å². The average Bonchev–Trinajstić information content (AvgIpc) is 3.07. The van der Waals surface area contributed by atoms with Gasteiger partial charge >= 0.3 is 0 Å². The quantitative estimate of drug-likeness (QED) is 0.495. The van der Waals surface area contributed by atoms with Crippen molar-refractivity contribution in [2.75, 3.05) is 0 Å². The third kappa shape index (κ3) is 4.85. The van der Waals surface area contributed by atoms with E-state index in [1.165, 1.54) is 4.90 Å². The summed E-state index contributed by atoms with van der Waals surface area (Å²) in [5.74, 6) is 0.370. The predicted octanol–water partition coefficient (Wildman–Crippen LogP) is 5.37. The number of thioether (sulfide) groups is 1. The summed E-state index contributed by atoms with van der Waals surface area (Å²) in [7, 11) is 0. The third-order valence-electron chi connectivity index (χ3n) is 4.77. The Kier molecular flexibility index (Phi) is 6.16. The van der Waals surface area contributed by atoms with Crippen LogP contribution < -0.4 is 4.74 Å². The molecule has 3 aromatic carbocycles. The lowest BCUT2D eigenvalue weighted by Gasteiger charge is -2.12. The highest BCUT2D eigenvalue weighted by Gasteiger charge is 2.34. The molecule has 2 amide bonds. The zero-order chi connectivity index (χ0) is 21.6. The first-order chi connectivity index (χ1) is 15.1. The van der Waals surface area contributed by atoms with Crippen LogP contribution in [-0.2, 0) is 17.9 Å². The monoisotopic (exact) mass is 426 g/mol. The summed E-state index contributed by atoms with van der Waals surface area (Å²) >= 11 is 0.948. The Morgan fingerprint density at radius 1 is 0.935 bits per heavy atom. The number of carbonyl (C=O) groups is 2. The molecule has 0 spiro atoms. The Morgan fingerprint density at radius 2 is 1.65 bits per heavy atom. The van der Waals surface area contributed by atoms with Crippen molar-refractivity contribution < 1.29 is 14.3 Å². The molecule has 0 atom stereocenters. The summed E-state index contributed by atoms with van der Waals surface area (Å²) < 4.78 is 5.77. The van der Waals surface area contributed by atoms with Gasteiger partial charge < -0.3 is 4.74 Å². The van der Waals surface area contributed by atoms with Crippen LogP contribution >= 0.6 is 11.8 Å². The molecule has 0 aromatic heterocycles. The number of carbonyl (C=O) groups excluding carboxylic acids is 2. The van der Waals surface area contributed by atoms with Gasteiger partial charge in [-0.25, -0.2) is 0 Å². The van der Waals surface area contributed by atoms with E-state index in [1.54, 1.807) is 24.3 Å². The van der Waals surface area contributed by atoms with Crippen molar-refractivity contribution in [1.82, 2.24) is 4.90 Å². The van der Waals surface area contributed by atoms with Crippen LogP contribution in [0.4, 0.5) is 4.79 Å². The first kappa shape index (κ1) is 20.5. The summed E-state index contributed by atoms with van der Waals surface area (Å²) in [6.45, 7) is 0.557. The topological polar surface area (TPSA) is 70.4 Å². The van der Waals surface area contributed by atoms with Crippen LogP contribution in [-0.4, -0.2) is 16.0 Å². The summed E-state index contributed by atoms with van der Waals surface area (Å²) in [5.41, 5.74) is 3.12. The van der Waals surface area contributed by atoms with E-state index in [-0.39, 0.29) is 17.7 Å². The second-order valence-electron chi connectivity index (χ2n) is 6.88. The van der Waals surface area contributed by atoms with Crippen molar-refractivity contribution in [3.63, 3.8) is 0 Å². The second-order valence-corrected chi connectivity index (χ2v) is 7.87. The standard InChI is InChI=1S/C25H18N2O3S/c26-15-20-8-4-5-9-21(20)17-30-22-12-10-18(11-13-22)14-23-24(28)27(25(29)31-23)16-19-6-2-1-3-7-19/h1-14H,16-17H2/b23-14-. The Labute approximate surface area is 184 Å². The molecule has 4 rings (SSSR count). The SMILES string of the molecule is N#Cc1ccccc1COc1ccc(/C=C2\SC(=O)N(Cc3ccccc3)C2=O)cc1. The highest BCUT2D eigenvalue weighted by molar-refractivity contribution is 8.18. The van der Waals surface area contributed by atoms with Crippen LogP contribution in [0.2, 0.25) is 0 Å². The number of nitriles is 1. The van der Waals surface area contributed by atoms with Crippen molar-refractivity contribution in [1.29, 1.82) is 5.26 Å². The number of ether oxygens (including phenoxy) is 1. The van der Waals surface area contributed by atoms with Gasteiger partial charge in [-0.2, -0.15) is 5.26 Å². The Bertz CT molecular complexity index is 1180. The van der Waals surface area contributed by atoms with Crippen LogP contribution in [0.25, 0.3) is 6.08 Å². The van der Waals surface area contributed by atoms with Crippen molar-refractivity contribution in [3.05, 3.63) is 106 Å². The maximum Gasteiger partial charge on any atom is 0.293 e. The average molecular weight is 426 g/mol. The van der Waals surface area contributed by atoms with E-state index < -0.39 is 0 Å². The van der Waals surface area contributed by atoms with E-state index >= 15 is 0 Å². The number of rotatable bonds is 6. The van der Waals surface area contributed by atoms with E-state index in [1.807, 2.05) is 60.7 Å². The molecule has 31 heavy (non-hydrogen) atoms. The lowest BCUT2D eigenvalue weighted by molar-refractivity contribution is -0.123. The maximum atomic E-state index is 12.7. The van der Waals surface area contributed by atoms with Crippen LogP contribution in [0.15, 0.2) is 83.8 Å². The van der Waals surface area contributed by atoms with Crippen molar-refractivity contribution in [2.45, 2.75) is 13.2 Å². The Morgan fingerprint density at radius 3 is 2.39 bits per heavy atom. The minimum absolute atomic E-state index is 0.264. The van der Waals surface area contributed by atoms with Crippen LogP contribution in [0.5, 0.6) is 5.75 Å². The van der Waals surface area contributed by atoms with E-state index in [2.05, 4.69) is 6.07 Å². The molecule has 0 radical (unpaired) electrons. The molecule has 5 nitrogen and oxygen atoms in total. The zero-order valence-corrected chi connectivity index (χ0v) is 17.3. The molecule has 0 saturated carbocycles. The summed E-state index contributed by atoms with van der Waals surface area (Å²) in [6.07, 6.45) is 1.71. The largest absolute Gasteiger partial charge is 0.489 e. The van der Waals surface area contributed by atoms with Crippen LogP contribution in [0.1, 0.15) is 22.3 Å². The van der Waals surface area contributed by atoms with Crippen LogP contribution in [0, 0.1) is 11.3 Å². The first-order valence-electron chi connectivity index (χ1n) is 9.64. The van der Waals surface area contributed by atoms with Gasteiger partial charge in [-0.1, -0.05) is 60.7 Å². The molecule has 152 valence electrons. The molecule has 1 aliphatic heterocycles. The smallest absolute Gasteiger partial charge is 0.293 e. The highest BCUT2D eigenvalue weighted by atomic mass is 32.2. The molecular weight excluding hydrogens is 408 g/mol. The fourth-order valence-corrected chi connectivity index (χ4v) is 3.97. The van der Waals surface area contributed by atoms with Gasteiger partial charge in [0, 0.05) is 5.56 Å². The lowest BCUT2D eigenvalue weighted by Crippen LogP contribution is -2.27. The van der Waals surface area contributed by atoms with Crippen molar-refractivity contribution in [2.24, 2.45) is 0 Å². The third-order valence-corrected chi connectivity index (χ3v) is 5.67.